The Morgan fingerprint density at radius 2 is 2.30 bits per heavy atom. The van der Waals surface area contributed by atoms with Crippen molar-refractivity contribution in [3.05, 3.63) is 33.0 Å². The molecule has 126 valence electrons. The number of aromatic nitrogens is 3. The number of nitrogens with zero attached hydrogens (tertiary/aromatic N) is 4. The Hall–Kier alpha value is -1.58. The Bertz CT molecular complexity index is 677. The summed E-state index contributed by atoms with van der Waals surface area (Å²) < 4.78 is 27.2. The maximum atomic E-state index is 12.8. The van der Waals surface area contributed by atoms with Crippen molar-refractivity contribution in [1.29, 1.82) is 0 Å². The summed E-state index contributed by atoms with van der Waals surface area (Å²) in [5.74, 6) is -0.554. The van der Waals surface area contributed by atoms with Crippen LogP contribution >= 0.6 is 22.9 Å². The van der Waals surface area contributed by atoms with Crippen molar-refractivity contribution in [2.45, 2.75) is 26.4 Å². The number of hydrogen-bond donors (Lipinski definition) is 1. The lowest BCUT2D eigenvalue weighted by Crippen LogP contribution is -2.33. The number of aliphatic hydroxyl groups is 1. The lowest BCUT2D eigenvalue weighted by atomic mass is 10.3. The normalized spacial score (nSPS) is 11.2. The minimum Gasteiger partial charge on any atom is -0.395 e. The van der Waals surface area contributed by atoms with E-state index in [1.165, 1.54) is 4.90 Å². The number of aryl methyl sites for hydroxylation is 1. The van der Waals surface area contributed by atoms with E-state index in [-0.39, 0.29) is 29.9 Å². The minimum atomic E-state index is -2.78. The minimum absolute atomic E-state index is 0.0529. The zero-order valence-corrected chi connectivity index (χ0v) is 13.8. The lowest BCUT2D eigenvalue weighted by Gasteiger charge is -2.19. The number of carbonyl (C=O) groups is 1. The van der Waals surface area contributed by atoms with Gasteiger partial charge in [-0.05, 0) is 6.92 Å². The van der Waals surface area contributed by atoms with E-state index >= 15 is 0 Å². The van der Waals surface area contributed by atoms with E-state index in [2.05, 4.69) is 10.1 Å². The van der Waals surface area contributed by atoms with Crippen molar-refractivity contribution in [3.63, 3.8) is 0 Å². The van der Waals surface area contributed by atoms with Crippen molar-refractivity contribution in [2.75, 3.05) is 13.2 Å². The van der Waals surface area contributed by atoms with Gasteiger partial charge >= 0.3 is 0 Å². The summed E-state index contributed by atoms with van der Waals surface area (Å²) in [5.41, 5.74) is 0.769. The maximum absolute atomic E-state index is 12.8. The molecule has 2 aromatic heterocycles. The Labute approximate surface area is 140 Å². The topological polar surface area (TPSA) is 71.2 Å². The molecule has 0 spiro atoms. The third-order valence-electron chi connectivity index (χ3n) is 3.03. The Morgan fingerprint density at radius 3 is 2.83 bits per heavy atom. The van der Waals surface area contributed by atoms with E-state index in [4.69, 9.17) is 16.7 Å². The van der Waals surface area contributed by atoms with Gasteiger partial charge in [-0.1, -0.05) is 11.6 Å². The average Bonchev–Trinajstić information content (AvgIpc) is 3.12. The number of hydrogen-bond acceptors (Lipinski definition) is 5. The van der Waals surface area contributed by atoms with Crippen LogP contribution in [-0.2, 0) is 13.1 Å². The molecule has 0 aliphatic rings. The first-order valence-electron chi connectivity index (χ1n) is 6.82. The number of halogens is 3. The van der Waals surface area contributed by atoms with Gasteiger partial charge in [0, 0.05) is 31.4 Å². The van der Waals surface area contributed by atoms with E-state index < -0.39 is 17.2 Å². The van der Waals surface area contributed by atoms with Crippen LogP contribution in [-0.4, -0.2) is 43.8 Å². The number of aliphatic hydroxyl groups excluding tert-OH is 1. The molecule has 0 aliphatic heterocycles. The molecule has 10 heteroatoms. The highest BCUT2D eigenvalue weighted by Crippen LogP contribution is 2.32. The zero-order valence-electron chi connectivity index (χ0n) is 12.2. The second-order valence-electron chi connectivity index (χ2n) is 4.63. The molecule has 2 heterocycles. The Morgan fingerprint density at radius 1 is 1.57 bits per heavy atom. The fourth-order valence-corrected chi connectivity index (χ4v) is 3.04. The standard InChI is InChI=1S/C13H15ClF2N4O2S/c1-2-20-7-8(5-17-20)6-19(3-4-21)13(22)12-18-10(14)9(23-12)11(15)16/h5,7,11,21H,2-4,6H2,1H3. The maximum Gasteiger partial charge on any atom is 0.283 e. The predicted octanol–water partition coefficient (Wildman–Crippen LogP) is 2.59. The molecular weight excluding hydrogens is 350 g/mol. The highest BCUT2D eigenvalue weighted by Gasteiger charge is 2.25. The van der Waals surface area contributed by atoms with Gasteiger partial charge in [-0.25, -0.2) is 13.8 Å². The van der Waals surface area contributed by atoms with Crippen LogP contribution in [0.5, 0.6) is 0 Å². The molecule has 0 fully saturated rings. The second-order valence-corrected chi connectivity index (χ2v) is 6.02. The van der Waals surface area contributed by atoms with Gasteiger partial charge in [-0.15, -0.1) is 11.3 Å². The molecule has 0 aliphatic carbocycles. The van der Waals surface area contributed by atoms with Crippen molar-refractivity contribution in [3.8, 4) is 0 Å². The van der Waals surface area contributed by atoms with E-state index in [1.807, 2.05) is 6.92 Å². The van der Waals surface area contributed by atoms with Crippen LogP contribution in [0, 0.1) is 0 Å². The van der Waals surface area contributed by atoms with Crippen LogP contribution in [0.3, 0.4) is 0 Å². The van der Waals surface area contributed by atoms with Gasteiger partial charge in [0.1, 0.15) is 10.0 Å². The fraction of sp³-hybridized carbons (Fsp3) is 0.462. The zero-order chi connectivity index (χ0) is 17.0. The molecular formula is C13H15ClF2N4O2S. The molecule has 1 amide bonds. The van der Waals surface area contributed by atoms with Gasteiger partial charge in [0.25, 0.3) is 12.3 Å². The van der Waals surface area contributed by atoms with Crippen molar-refractivity contribution >= 4 is 28.8 Å². The van der Waals surface area contributed by atoms with Crippen LogP contribution in [0.2, 0.25) is 5.15 Å². The summed E-state index contributed by atoms with van der Waals surface area (Å²) in [5, 5.41) is 12.7. The molecule has 23 heavy (non-hydrogen) atoms. The van der Waals surface area contributed by atoms with Gasteiger partial charge in [0.15, 0.2) is 5.01 Å². The third-order valence-corrected chi connectivity index (χ3v) is 4.48. The number of amides is 1. The largest absolute Gasteiger partial charge is 0.395 e. The highest BCUT2D eigenvalue weighted by atomic mass is 35.5. The highest BCUT2D eigenvalue weighted by molar-refractivity contribution is 7.14. The first-order chi connectivity index (χ1) is 11.0. The van der Waals surface area contributed by atoms with Crippen LogP contribution in [0.25, 0.3) is 0 Å². The van der Waals surface area contributed by atoms with Crippen LogP contribution in [0.15, 0.2) is 12.4 Å². The van der Waals surface area contributed by atoms with Crippen LogP contribution in [0.4, 0.5) is 8.78 Å². The Kier molecular flexibility index (Phi) is 6.03. The molecule has 0 radical (unpaired) electrons. The molecule has 0 atom stereocenters. The smallest absolute Gasteiger partial charge is 0.283 e. The molecule has 0 unspecified atom stereocenters. The van der Waals surface area contributed by atoms with Gasteiger partial charge in [-0.3, -0.25) is 9.48 Å². The molecule has 2 aromatic rings. The van der Waals surface area contributed by atoms with Gasteiger partial charge < -0.3 is 10.0 Å². The molecule has 0 saturated carbocycles. The quantitative estimate of drug-likeness (QED) is 0.819. The fourth-order valence-electron chi connectivity index (χ4n) is 1.93. The van der Waals surface area contributed by atoms with Gasteiger partial charge in [-0.2, -0.15) is 5.10 Å². The summed E-state index contributed by atoms with van der Waals surface area (Å²) in [6.07, 6.45) is 0.605. The first-order valence-corrected chi connectivity index (χ1v) is 8.01. The average molecular weight is 365 g/mol. The van der Waals surface area contributed by atoms with Crippen LogP contribution < -0.4 is 0 Å². The monoisotopic (exact) mass is 364 g/mol. The number of rotatable bonds is 7. The SMILES string of the molecule is CCn1cc(CN(CCO)C(=O)c2nc(Cl)c(C(F)F)s2)cn1. The molecule has 2 rings (SSSR count). The first kappa shape index (κ1) is 17.8. The number of carbonyl (C=O) groups excluding carboxylic acids is 1. The molecule has 6 nitrogen and oxygen atoms in total. The van der Waals surface area contributed by atoms with E-state index in [1.54, 1.807) is 17.1 Å². The van der Waals surface area contributed by atoms with Gasteiger partial charge in [0.05, 0.1) is 12.8 Å². The lowest BCUT2D eigenvalue weighted by molar-refractivity contribution is 0.0707. The molecule has 0 saturated heterocycles. The predicted molar refractivity (Wildman–Crippen MR) is 81.8 cm³/mol. The van der Waals surface area contributed by atoms with E-state index in [9.17, 15) is 13.6 Å². The molecule has 0 aromatic carbocycles. The van der Waals surface area contributed by atoms with Crippen molar-refractivity contribution in [2.24, 2.45) is 0 Å². The van der Waals surface area contributed by atoms with E-state index in [0.29, 0.717) is 17.9 Å². The summed E-state index contributed by atoms with van der Waals surface area (Å²) >= 11 is 6.20. The summed E-state index contributed by atoms with van der Waals surface area (Å²) in [4.78, 5) is 17.0. The van der Waals surface area contributed by atoms with Gasteiger partial charge in [0.2, 0.25) is 0 Å². The number of thiazole rings is 1. The summed E-state index contributed by atoms with van der Waals surface area (Å²) in [6, 6.07) is 0. The molecule has 1 N–H and O–H groups in total. The number of alkyl halides is 2. The van der Waals surface area contributed by atoms with Crippen molar-refractivity contribution < 1.29 is 18.7 Å². The van der Waals surface area contributed by atoms with Crippen LogP contribution in [0.1, 0.15) is 33.6 Å². The van der Waals surface area contributed by atoms with Crippen molar-refractivity contribution in [1.82, 2.24) is 19.7 Å². The summed E-state index contributed by atoms with van der Waals surface area (Å²) in [6.45, 7) is 2.61. The Balaban J connectivity index is 2.19. The summed E-state index contributed by atoms with van der Waals surface area (Å²) in [7, 11) is 0. The third kappa shape index (κ3) is 4.24. The van der Waals surface area contributed by atoms with E-state index in [0.717, 1.165) is 5.56 Å². The molecule has 0 bridgehead atoms. The second kappa shape index (κ2) is 7.80.